The second-order valence-electron chi connectivity index (χ2n) is 16.7. The molecule has 8 heteroatoms. The predicted octanol–water partition coefficient (Wildman–Crippen LogP) is 17.0. The Bertz CT molecular complexity index is 3590. The maximum atomic E-state index is 14.6. The normalized spacial score (nSPS) is 11.5. The van der Waals surface area contributed by atoms with Crippen LogP contribution in [0, 0.1) is 23.3 Å². The molecular formula is C60H38F4N4. The minimum absolute atomic E-state index is 0.546. The summed E-state index contributed by atoms with van der Waals surface area (Å²) in [6.45, 7) is 0. The molecule has 0 unspecified atom stereocenters. The number of benzene rings is 10. The Morgan fingerprint density at radius 2 is 0.588 bits per heavy atom. The fourth-order valence-electron chi connectivity index (χ4n) is 9.66. The Morgan fingerprint density at radius 1 is 0.250 bits per heavy atom. The van der Waals surface area contributed by atoms with Crippen LogP contribution in [0.3, 0.4) is 0 Å². The molecule has 4 nitrogen and oxygen atoms in total. The summed E-state index contributed by atoms with van der Waals surface area (Å²) < 4.78 is 61.2. The first-order valence-electron chi connectivity index (χ1n) is 22.3. The summed E-state index contributed by atoms with van der Waals surface area (Å²) in [5.41, 5.74) is 12.6. The van der Waals surface area contributed by atoms with Gasteiger partial charge in [-0.25, -0.2) is 17.6 Å². The second kappa shape index (κ2) is 16.5. The average Bonchev–Trinajstić information content (AvgIpc) is 3.89. The van der Waals surface area contributed by atoms with Gasteiger partial charge >= 0.3 is 0 Å². The van der Waals surface area contributed by atoms with Crippen molar-refractivity contribution in [1.29, 1.82) is 0 Å². The summed E-state index contributed by atoms with van der Waals surface area (Å²) in [7, 11) is 0. The van der Waals surface area contributed by atoms with Gasteiger partial charge in [0.2, 0.25) is 0 Å². The standard InChI is InChI=1S/C60H38F4N4/c61-53-31-27-47(37-55(53)63)67-57-17-9-7-15-49(57)51-35-45(29-33-59(51)67)65(41-11-3-1-4-12-41)43-23-19-39(20-24-43)40-21-25-44(26-22-40)66(42-13-5-2-6-14-42)46-30-34-60-52(36-46)50-16-8-10-18-58(50)68(60)48-28-32-54(62)56(64)38-48/h1-38H. The van der Waals surface area contributed by atoms with Crippen LogP contribution in [-0.2, 0) is 0 Å². The molecule has 0 atom stereocenters. The van der Waals surface area contributed by atoms with Crippen molar-refractivity contribution >= 4 is 77.7 Å². The molecule has 68 heavy (non-hydrogen) atoms. The van der Waals surface area contributed by atoms with Crippen LogP contribution in [0.5, 0.6) is 0 Å². The van der Waals surface area contributed by atoms with Crippen molar-refractivity contribution in [1.82, 2.24) is 9.13 Å². The van der Waals surface area contributed by atoms with E-state index in [0.29, 0.717) is 11.4 Å². The lowest BCUT2D eigenvalue weighted by Gasteiger charge is -2.26. The predicted molar refractivity (Wildman–Crippen MR) is 270 cm³/mol. The van der Waals surface area contributed by atoms with Crippen LogP contribution < -0.4 is 9.80 Å². The number of hydrogen-bond acceptors (Lipinski definition) is 2. The molecule has 0 aliphatic rings. The third kappa shape index (κ3) is 6.93. The first kappa shape index (κ1) is 40.6. The van der Waals surface area contributed by atoms with Gasteiger partial charge in [0.1, 0.15) is 0 Å². The van der Waals surface area contributed by atoms with Gasteiger partial charge < -0.3 is 18.9 Å². The fraction of sp³-hybridized carbons (Fsp3) is 0. The van der Waals surface area contributed by atoms with E-state index in [9.17, 15) is 17.6 Å². The number of fused-ring (bicyclic) bond motifs is 6. The molecule has 0 spiro atoms. The van der Waals surface area contributed by atoms with Crippen molar-refractivity contribution in [3.05, 3.63) is 254 Å². The van der Waals surface area contributed by atoms with Crippen LogP contribution in [0.25, 0.3) is 66.1 Å². The van der Waals surface area contributed by atoms with E-state index in [1.165, 1.54) is 24.3 Å². The molecule has 12 aromatic rings. The lowest BCUT2D eigenvalue weighted by Crippen LogP contribution is -2.10. The van der Waals surface area contributed by atoms with Crippen LogP contribution in [0.2, 0.25) is 0 Å². The molecule has 2 heterocycles. The zero-order chi connectivity index (χ0) is 45.9. The van der Waals surface area contributed by atoms with E-state index < -0.39 is 23.3 Å². The zero-order valence-electron chi connectivity index (χ0n) is 36.2. The molecule has 0 aliphatic carbocycles. The van der Waals surface area contributed by atoms with Crippen molar-refractivity contribution in [2.45, 2.75) is 0 Å². The monoisotopic (exact) mass is 890 g/mol. The Hall–Kier alpha value is -8.88. The topological polar surface area (TPSA) is 16.3 Å². The van der Waals surface area contributed by atoms with Gasteiger partial charge in [0.05, 0.1) is 22.1 Å². The maximum Gasteiger partial charge on any atom is 0.160 e. The molecule has 0 radical (unpaired) electrons. The molecule has 10 aromatic carbocycles. The summed E-state index contributed by atoms with van der Waals surface area (Å²) in [6, 6.07) is 74.1. The van der Waals surface area contributed by atoms with Crippen molar-refractivity contribution in [2.75, 3.05) is 9.80 Å². The van der Waals surface area contributed by atoms with E-state index in [4.69, 9.17) is 0 Å². The molecule has 0 amide bonds. The van der Waals surface area contributed by atoms with Gasteiger partial charge in [0, 0.05) is 79.2 Å². The van der Waals surface area contributed by atoms with E-state index >= 15 is 0 Å². The summed E-state index contributed by atoms with van der Waals surface area (Å²) in [6.07, 6.45) is 0. The SMILES string of the molecule is Fc1ccc(-n2c3ccccc3c3cc(N(c4ccccc4)c4ccc(-c5ccc(N(c6ccccc6)c6ccc7c(c6)c6ccccc6n7-c6ccc(F)c(F)c6)cc5)cc4)ccc32)cc1F. The number of nitrogens with zero attached hydrogens (tertiary/aromatic N) is 4. The summed E-state index contributed by atoms with van der Waals surface area (Å²) in [5, 5.41) is 3.97. The number of anilines is 6. The van der Waals surface area contributed by atoms with Crippen molar-refractivity contribution in [3.8, 4) is 22.5 Å². The fourth-order valence-corrected chi connectivity index (χ4v) is 9.66. The van der Waals surface area contributed by atoms with Crippen LogP contribution in [0.1, 0.15) is 0 Å². The Balaban J connectivity index is 0.899. The third-order valence-electron chi connectivity index (χ3n) is 12.8. The molecule has 0 saturated carbocycles. The second-order valence-corrected chi connectivity index (χ2v) is 16.7. The first-order valence-corrected chi connectivity index (χ1v) is 22.3. The minimum atomic E-state index is -0.894. The minimum Gasteiger partial charge on any atom is -0.310 e. The maximum absolute atomic E-state index is 14.6. The van der Waals surface area contributed by atoms with Crippen LogP contribution in [-0.4, -0.2) is 9.13 Å². The van der Waals surface area contributed by atoms with E-state index in [0.717, 1.165) is 88.9 Å². The van der Waals surface area contributed by atoms with Gasteiger partial charge in [-0.1, -0.05) is 97.1 Å². The van der Waals surface area contributed by atoms with Gasteiger partial charge in [-0.3, -0.25) is 0 Å². The van der Waals surface area contributed by atoms with Crippen LogP contribution in [0.4, 0.5) is 51.7 Å². The highest BCUT2D eigenvalue weighted by Crippen LogP contribution is 2.43. The number of rotatable bonds is 9. The van der Waals surface area contributed by atoms with Crippen molar-refractivity contribution in [2.24, 2.45) is 0 Å². The Labute approximate surface area is 389 Å². The lowest BCUT2D eigenvalue weighted by molar-refractivity contribution is 0.508. The smallest absolute Gasteiger partial charge is 0.160 e. The molecule has 326 valence electrons. The molecule has 0 bridgehead atoms. The number of hydrogen-bond donors (Lipinski definition) is 0. The van der Waals surface area contributed by atoms with E-state index in [-0.39, 0.29) is 0 Å². The summed E-state index contributed by atoms with van der Waals surface area (Å²) in [5.74, 6) is -3.55. The zero-order valence-corrected chi connectivity index (χ0v) is 36.2. The quantitative estimate of drug-likeness (QED) is 0.134. The molecule has 2 aromatic heterocycles. The molecule has 12 rings (SSSR count). The molecule has 0 saturated heterocycles. The average molecular weight is 891 g/mol. The summed E-state index contributed by atoms with van der Waals surface area (Å²) >= 11 is 0. The lowest BCUT2D eigenvalue weighted by atomic mass is 10.0. The van der Waals surface area contributed by atoms with E-state index in [1.807, 2.05) is 94.1 Å². The van der Waals surface area contributed by atoms with Crippen molar-refractivity contribution < 1.29 is 17.6 Å². The first-order chi connectivity index (χ1) is 33.4. The van der Waals surface area contributed by atoms with Crippen molar-refractivity contribution in [3.63, 3.8) is 0 Å². The van der Waals surface area contributed by atoms with Gasteiger partial charge in [-0.2, -0.15) is 0 Å². The Morgan fingerprint density at radius 3 is 0.985 bits per heavy atom. The van der Waals surface area contributed by atoms with Crippen LogP contribution >= 0.6 is 0 Å². The highest BCUT2D eigenvalue weighted by atomic mass is 19.2. The van der Waals surface area contributed by atoms with E-state index in [2.05, 4.69) is 119 Å². The molecule has 0 N–H and O–H groups in total. The van der Waals surface area contributed by atoms with E-state index in [1.54, 1.807) is 12.1 Å². The number of aromatic nitrogens is 2. The molecule has 0 fully saturated rings. The largest absolute Gasteiger partial charge is 0.310 e. The van der Waals surface area contributed by atoms with Gasteiger partial charge in [-0.15, -0.1) is 0 Å². The highest BCUT2D eigenvalue weighted by molar-refractivity contribution is 6.12. The summed E-state index contributed by atoms with van der Waals surface area (Å²) in [4.78, 5) is 4.44. The van der Waals surface area contributed by atoms with Gasteiger partial charge in [0.15, 0.2) is 23.3 Å². The van der Waals surface area contributed by atoms with Gasteiger partial charge in [0.25, 0.3) is 0 Å². The van der Waals surface area contributed by atoms with Crippen LogP contribution in [0.15, 0.2) is 231 Å². The number of para-hydroxylation sites is 4. The number of halogens is 4. The van der Waals surface area contributed by atoms with Gasteiger partial charge in [-0.05, 0) is 132 Å². The molecule has 0 aliphatic heterocycles. The molecular weight excluding hydrogens is 853 g/mol. The Kier molecular flexibility index (Phi) is 9.87. The highest BCUT2D eigenvalue weighted by Gasteiger charge is 2.21. The third-order valence-corrected chi connectivity index (χ3v) is 12.8.